The highest BCUT2D eigenvalue weighted by Crippen LogP contribution is 2.29. The molecule has 0 amide bonds. The molecular weight excluding hydrogens is 200 g/mol. The smallest absolute Gasteiger partial charge is 0.214 e. The number of nitrogens with zero attached hydrogens (tertiary/aromatic N) is 2. The van der Waals surface area contributed by atoms with Crippen LogP contribution in [0.5, 0.6) is 5.88 Å². The van der Waals surface area contributed by atoms with Gasteiger partial charge in [0.25, 0.3) is 0 Å². The van der Waals surface area contributed by atoms with Crippen LogP contribution in [0.15, 0.2) is 12.1 Å². The summed E-state index contributed by atoms with van der Waals surface area (Å²) < 4.78 is 5.57. The molecule has 0 atom stereocenters. The van der Waals surface area contributed by atoms with Crippen LogP contribution in [-0.2, 0) is 0 Å². The van der Waals surface area contributed by atoms with Gasteiger partial charge in [-0.3, -0.25) is 0 Å². The van der Waals surface area contributed by atoms with Crippen LogP contribution < -0.4 is 4.74 Å². The van der Waals surface area contributed by atoms with Gasteiger partial charge in [0, 0.05) is 11.8 Å². The zero-order valence-corrected chi connectivity index (χ0v) is 9.57. The van der Waals surface area contributed by atoms with E-state index in [0.717, 1.165) is 18.0 Å². The van der Waals surface area contributed by atoms with E-state index in [2.05, 4.69) is 11.1 Å². The number of hydrogen-bond donors (Lipinski definition) is 0. The molecule has 84 valence electrons. The number of ether oxygens (including phenoxy) is 1. The van der Waals surface area contributed by atoms with E-state index in [0.29, 0.717) is 18.1 Å². The lowest BCUT2D eigenvalue weighted by atomic mass is 9.83. The van der Waals surface area contributed by atoms with Gasteiger partial charge in [-0.15, -0.1) is 0 Å². The van der Waals surface area contributed by atoms with Crippen molar-refractivity contribution >= 4 is 0 Å². The van der Waals surface area contributed by atoms with Gasteiger partial charge in [0.1, 0.15) is 0 Å². The largest absolute Gasteiger partial charge is 0.478 e. The van der Waals surface area contributed by atoms with E-state index in [1.54, 1.807) is 12.1 Å². The van der Waals surface area contributed by atoms with E-state index < -0.39 is 0 Å². The van der Waals surface area contributed by atoms with Gasteiger partial charge in [-0.2, -0.15) is 5.26 Å². The van der Waals surface area contributed by atoms with Gasteiger partial charge >= 0.3 is 0 Å². The Morgan fingerprint density at radius 1 is 1.50 bits per heavy atom. The normalized spacial score (nSPS) is 15.2. The number of nitriles is 1. The summed E-state index contributed by atoms with van der Waals surface area (Å²) in [7, 11) is 0. The number of pyridine rings is 1. The third-order valence-electron chi connectivity index (χ3n) is 3.06. The first kappa shape index (κ1) is 10.9. The fourth-order valence-corrected chi connectivity index (χ4v) is 1.89. The monoisotopic (exact) mass is 216 g/mol. The van der Waals surface area contributed by atoms with Crippen LogP contribution in [0.2, 0.25) is 0 Å². The molecule has 0 saturated heterocycles. The topological polar surface area (TPSA) is 45.9 Å². The molecule has 0 bridgehead atoms. The maximum atomic E-state index is 8.81. The Kier molecular flexibility index (Phi) is 3.40. The summed E-state index contributed by atoms with van der Waals surface area (Å²) in [5.41, 5.74) is 1.45. The molecule has 3 heteroatoms. The highest BCUT2D eigenvalue weighted by molar-refractivity contribution is 5.34. The fraction of sp³-hybridized carbons (Fsp3) is 0.538. The van der Waals surface area contributed by atoms with Crippen molar-refractivity contribution < 1.29 is 4.74 Å². The maximum Gasteiger partial charge on any atom is 0.214 e. The van der Waals surface area contributed by atoms with Crippen molar-refractivity contribution in [2.75, 3.05) is 6.61 Å². The van der Waals surface area contributed by atoms with Gasteiger partial charge in [0.2, 0.25) is 5.88 Å². The Bertz CT molecular complexity index is 405. The maximum absolute atomic E-state index is 8.81. The van der Waals surface area contributed by atoms with Crippen molar-refractivity contribution in [2.45, 2.75) is 32.6 Å². The highest BCUT2D eigenvalue weighted by atomic mass is 16.5. The SMILES string of the molecule is Cc1cc(C#N)cc(OCCC2CCC2)n1. The summed E-state index contributed by atoms with van der Waals surface area (Å²) in [6.45, 7) is 2.59. The van der Waals surface area contributed by atoms with Crippen LogP contribution in [0, 0.1) is 24.2 Å². The van der Waals surface area contributed by atoms with Crippen LogP contribution in [-0.4, -0.2) is 11.6 Å². The van der Waals surface area contributed by atoms with Crippen molar-refractivity contribution in [1.82, 2.24) is 4.98 Å². The van der Waals surface area contributed by atoms with E-state index in [1.165, 1.54) is 19.3 Å². The summed E-state index contributed by atoms with van der Waals surface area (Å²) in [6, 6.07) is 5.57. The van der Waals surface area contributed by atoms with Crippen LogP contribution in [0.4, 0.5) is 0 Å². The molecule has 16 heavy (non-hydrogen) atoms. The van der Waals surface area contributed by atoms with Gasteiger partial charge in [0.05, 0.1) is 18.2 Å². The number of rotatable bonds is 4. The minimum atomic E-state index is 0.580. The molecule has 1 heterocycles. The molecule has 1 saturated carbocycles. The lowest BCUT2D eigenvalue weighted by molar-refractivity contribution is 0.217. The average molecular weight is 216 g/mol. The number of aryl methyl sites for hydroxylation is 1. The predicted molar refractivity (Wildman–Crippen MR) is 61.1 cm³/mol. The second-order valence-corrected chi connectivity index (χ2v) is 4.38. The zero-order valence-electron chi connectivity index (χ0n) is 9.57. The molecule has 1 aromatic heterocycles. The first-order valence-electron chi connectivity index (χ1n) is 5.79. The average Bonchev–Trinajstić information content (AvgIpc) is 2.21. The van der Waals surface area contributed by atoms with Crippen molar-refractivity contribution in [3.63, 3.8) is 0 Å². The van der Waals surface area contributed by atoms with Crippen molar-refractivity contribution in [1.29, 1.82) is 5.26 Å². The zero-order chi connectivity index (χ0) is 11.4. The molecule has 3 nitrogen and oxygen atoms in total. The lowest BCUT2D eigenvalue weighted by Crippen LogP contribution is -2.14. The van der Waals surface area contributed by atoms with Gasteiger partial charge in [-0.05, 0) is 25.3 Å². The van der Waals surface area contributed by atoms with Crippen molar-refractivity contribution in [3.05, 3.63) is 23.4 Å². The van der Waals surface area contributed by atoms with Gasteiger partial charge in [-0.25, -0.2) is 4.98 Å². The predicted octanol–water partition coefficient (Wildman–Crippen LogP) is 2.83. The highest BCUT2D eigenvalue weighted by Gasteiger charge is 2.16. The van der Waals surface area contributed by atoms with Crippen molar-refractivity contribution in [3.8, 4) is 11.9 Å². The molecule has 1 aliphatic rings. The summed E-state index contributed by atoms with van der Waals surface area (Å²) >= 11 is 0. The minimum Gasteiger partial charge on any atom is -0.478 e. The quantitative estimate of drug-likeness (QED) is 0.777. The summed E-state index contributed by atoms with van der Waals surface area (Å²) in [6.07, 6.45) is 5.16. The Labute approximate surface area is 96.1 Å². The van der Waals surface area contributed by atoms with E-state index in [9.17, 15) is 0 Å². The molecular formula is C13H16N2O. The van der Waals surface area contributed by atoms with Crippen LogP contribution >= 0.6 is 0 Å². The fourth-order valence-electron chi connectivity index (χ4n) is 1.89. The van der Waals surface area contributed by atoms with Crippen LogP contribution in [0.3, 0.4) is 0 Å². The van der Waals surface area contributed by atoms with E-state index in [-0.39, 0.29) is 0 Å². The first-order chi connectivity index (χ1) is 7.78. The molecule has 0 N–H and O–H groups in total. The molecule has 0 unspecified atom stereocenters. The van der Waals surface area contributed by atoms with E-state index in [1.807, 2.05) is 6.92 Å². The molecule has 1 aliphatic carbocycles. The second-order valence-electron chi connectivity index (χ2n) is 4.38. The Morgan fingerprint density at radius 3 is 2.94 bits per heavy atom. The van der Waals surface area contributed by atoms with Crippen LogP contribution in [0.1, 0.15) is 36.9 Å². The molecule has 1 aromatic rings. The molecule has 0 aromatic carbocycles. The summed E-state index contributed by atoms with van der Waals surface area (Å²) in [5, 5.41) is 8.81. The molecule has 0 aliphatic heterocycles. The van der Waals surface area contributed by atoms with Gasteiger partial charge in [0.15, 0.2) is 0 Å². The Hall–Kier alpha value is -1.56. The number of hydrogen-bond acceptors (Lipinski definition) is 3. The van der Waals surface area contributed by atoms with Gasteiger partial charge < -0.3 is 4.74 Å². The van der Waals surface area contributed by atoms with E-state index in [4.69, 9.17) is 10.00 Å². The standard InChI is InChI=1S/C13H16N2O/c1-10-7-12(9-14)8-13(15-10)16-6-5-11-3-2-4-11/h7-8,11H,2-6H2,1H3. The third kappa shape index (κ3) is 2.73. The minimum absolute atomic E-state index is 0.580. The van der Waals surface area contributed by atoms with Crippen LogP contribution in [0.25, 0.3) is 0 Å². The molecule has 2 rings (SSSR count). The van der Waals surface area contributed by atoms with Gasteiger partial charge in [-0.1, -0.05) is 19.3 Å². The summed E-state index contributed by atoms with van der Waals surface area (Å²) in [4.78, 5) is 4.25. The first-order valence-corrected chi connectivity index (χ1v) is 5.79. The Balaban J connectivity index is 1.88. The second kappa shape index (κ2) is 4.98. The van der Waals surface area contributed by atoms with E-state index >= 15 is 0 Å². The van der Waals surface area contributed by atoms with Crippen molar-refractivity contribution in [2.24, 2.45) is 5.92 Å². The Morgan fingerprint density at radius 2 is 2.31 bits per heavy atom. The molecule has 0 spiro atoms. The summed E-state index contributed by atoms with van der Waals surface area (Å²) in [5.74, 6) is 1.43. The molecule has 1 fully saturated rings. The third-order valence-corrected chi connectivity index (χ3v) is 3.06. The molecule has 0 radical (unpaired) electrons. The lowest BCUT2D eigenvalue weighted by Gasteiger charge is -2.24. The number of aromatic nitrogens is 1.